The fourth-order valence-electron chi connectivity index (χ4n) is 1.26. The van der Waals surface area contributed by atoms with E-state index in [0.717, 1.165) is 0 Å². The average molecular weight is 222 g/mol. The molecular formula is C10H11FN4O. The zero-order chi connectivity index (χ0) is 11.5. The number of halogens is 1. The van der Waals surface area contributed by atoms with E-state index >= 15 is 0 Å². The van der Waals surface area contributed by atoms with Crippen molar-refractivity contribution in [3.63, 3.8) is 0 Å². The molecule has 0 unspecified atom stereocenters. The van der Waals surface area contributed by atoms with E-state index < -0.39 is 0 Å². The number of nitrogens with zero attached hydrogens (tertiary/aromatic N) is 3. The van der Waals surface area contributed by atoms with Crippen LogP contribution in [-0.2, 0) is 6.61 Å². The first-order valence-corrected chi connectivity index (χ1v) is 4.75. The van der Waals surface area contributed by atoms with Crippen molar-refractivity contribution >= 4 is 5.69 Å². The number of hydrogen-bond donors (Lipinski definition) is 2. The van der Waals surface area contributed by atoms with E-state index in [1.165, 1.54) is 16.9 Å². The van der Waals surface area contributed by atoms with Crippen molar-refractivity contribution in [2.24, 2.45) is 0 Å². The number of nitrogens with one attached hydrogen (secondary N) is 1. The molecule has 6 heteroatoms. The minimum Gasteiger partial charge on any atom is -0.390 e. The summed E-state index contributed by atoms with van der Waals surface area (Å²) in [6, 6.07) is 5.88. The summed E-state index contributed by atoms with van der Waals surface area (Å²) in [5, 5.41) is 16.5. The number of hydrogen-bond acceptors (Lipinski definition) is 4. The molecule has 0 bridgehead atoms. The third-order valence-electron chi connectivity index (χ3n) is 2.22. The molecule has 2 aromatic rings. The standard InChI is InChI=1S/C10H11FN4O/c1-7-10(6-16)12-14-15(7)13-9-4-2-8(11)3-5-9/h2-5,13,16H,6H2,1H3. The Morgan fingerprint density at radius 3 is 2.62 bits per heavy atom. The first kappa shape index (κ1) is 10.6. The molecule has 0 amide bonds. The summed E-state index contributed by atoms with van der Waals surface area (Å²) in [7, 11) is 0. The summed E-state index contributed by atoms with van der Waals surface area (Å²) in [5.41, 5.74) is 4.84. The van der Waals surface area contributed by atoms with E-state index in [4.69, 9.17) is 5.11 Å². The monoisotopic (exact) mass is 222 g/mol. The number of aliphatic hydroxyl groups excluding tert-OH is 1. The molecule has 84 valence electrons. The van der Waals surface area contributed by atoms with E-state index in [1.54, 1.807) is 19.1 Å². The van der Waals surface area contributed by atoms with E-state index in [1.807, 2.05) is 0 Å². The zero-order valence-electron chi connectivity index (χ0n) is 8.68. The molecule has 5 nitrogen and oxygen atoms in total. The number of rotatable bonds is 3. The number of benzene rings is 1. The summed E-state index contributed by atoms with van der Waals surface area (Å²) < 4.78 is 12.7. The van der Waals surface area contributed by atoms with Gasteiger partial charge in [0.1, 0.15) is 11.5 Å². The van der Waals surface area contributed by atoms with Crippen molar-refractivity contribution in [2.45, 2.75) is 13.5 Å². The Hall–Kier alpha value is -1.95. The van der Waals surface area contributed by atoms with Crippen LogP contribution in [0.15, 0.2) is 24.3 Å². The molecule has 16 heavy (non-hydrogen) atoms. The fourth-order valence-corrected chi connectivity index (χ4v) is 1.26. The predicted octanol–water partition coefficient (Wildman–Crippen LogP) is 1.09. The molecule has 1 aromatic heterocycles. The van der Waals surface area contributed by atoms with Gasteiger partial charge in [0.05, 0.1) is 18.0 Å². The lowest BCUT2D eigenvalue weighted by Crippen LogP contribution is -2.12. The van der Waals surface area contributed by atoms with Crippen LogP contribution in [0.5, 0.6) is 0 Å². The van der Waals surface area contributed by atoms with Crippen molar-refractivity contribution in [2.75, 3.05) is 5.43 Å². The zero-order valence-corrected chi connectivity index (χ0v) is 8.68. The molecule has 0 aliphatic carbocycles. The van der Waals surface area contributed by atoms with Gasteiger partial charge in [0, 0.05) is 0 Å². The Morgan fingerprint density at radius 2 is 2.06 bits per heavy atom. The molecule has 0 aliphatic heterocycles. The summed E-state index contributed by atoms with van der Waals surface area (Å²) in [5.74, 6) is -0.295. The maximum absolute atomic E-state index is 12.7. The lowest BCUT2D eigenvalue weighted by Gasteiger charge is -2.06. The topological polar surface area (TPSA) is 63.0 Å². The van der Waals surface area contributed by atoms with Gasteiger partial charge in [-0.05, 0) is 36.4 Å². The second-order valence-corrected chi connectivity index (χ2v) is 3.31. The molecule has 0 fully saturated rings. The minimum atomic E-state index is -0.295. The number of aromatic nitrogens is 3. The Kier molecular flexibility index (Phi) is 2.82. The maximum atomic E-state index is 12.7. The molecule has 1 heterocycles. The van der Waals surface area contributed by atoms with Crippen molar-refractivity contribution in [3.05, 3.63) is 41.5 Å². The van der Waals surface area contributed by atoms with Crippen LogP contribution in [0.3, 0.4) is 0 Å². The van der Waals surface area contributed by atoms with Crippen molar-refractivity contribution in [1.82, 2.24) is 15.1 Å². The summed E-state index contributed by atoms with van der Waals surface area (Å²) >= 11 is 0. The van der Waals surface area contributed by atoms with Gasteiger partial charge in [-0.15, -0.1) is 5.10 Å². The quantitative estimate of drug-likeness (QED) is 0.816. The second-order valence-electron chi connectivity index (χ2n) is 3.31. The number of aliphatic hydroxyl groups is 1. The van der Waals surface area contributed by atoms with Gasteiger partial charge in [-0.25, -0.2) is 4.39 Å². The van der Waals surface area contributed by atoms with Crippen LogP contribution in [0, 0.1) is 12.7 Å². The summed E-state index contributed by atoms with van der Waals surface area (Å²) in [6.07, 6.45) is 0. The van der Waals surface area contributed by atoms with Crippen LogP contribution in [0.1, 0.15) is 11.4 Å². The first-order chi connectivity index (χ1) is 7.70. The summed E-state index contributed by atoms with van der Waals surface area (Å²) in [4.78, 5) is 1.43. The van der Waals surface area contributed by atoms with Crippen LogP contribution >= 0.6 is 0 Å². The highest BCUT2D eigenvalue weighted by Crippen LogP contribution is 2.10. The Bertz CT molecular complexity index is 480. The van der Waals surface area contributed by atoms with Crippen molar-refractivity contribution < 1.29 is 9.50 Å². The van der Waals surface area contributed by atoms with Gasteiger partial charge in [0.15, 0.2) is 0 Å². The Morgan fingerprint density at radius 1 is 1.38 bits per heavy atom. The molecule has 0 aliphatic rings. The third-order valence-corrected chi connectivity index (χ3v) is 2.22. The second kappa shape index (κ2) is 4.28. The normalized spacial score (nSPS) is 10.4. The van der Waals surface area contributed by atoms with Crippen LogP contribution in [0.2, 0.25) is 0 Å². The molecule has 0 spiro atoms. The van der Waals surface area contributed by atoms with Gasteiger partial charge < -0.3 is 5.11 Å². The smallest absolute Gasteiger partial charge is 0.123 e. The molecule has 0 atom stereocenters. The molecule has 0 saturated heterocycles. The van der Waals surface area contributed by atoms with Gasteiger partial charge in [-0.1, -0.05) is 0 Å². The number of anilines is 1. The first-order valence-electron chi connectivity index (χ1n) is 4.75. The lowest BCUT2D eigenvalue weighted by molar-refractivity contribution is 0.276. The van der Waals surface area contributed by atoms with E-state index in [-0.39, 0.29) is 12.4 Å². The largest absolute Gasteiger partial charge is 0.390 e. The molecule has 2 N–H and O–H groups in total. The SMILES string of the molecule is Cc1c(CO)nnn1Nc1ccc(F)cc1. The van der Waals surface area contributed by atoms with Crippen LogP contribution in [-0.4, -0.2) is 20.2 Å². The molecule has 0 radical (unpaired) electrons. The van der Waals surface area contributed by atoms with Gasteiger partial charge in [-0.2, -0.15) is 4.79 Å². The minimum absolute atomic E-state index is 0.156. The van der Waals surface area contributed by atoms with Gasteiger partial charge in [-0.3, -0.25) is 5.43 Å². The van der Waals surface area contributed by atoms with Crippen molar-refractivity contribution in [3.8, 4) is 0 Å². The Labute approximate surface area is 91.5 Å². The van der Waals surface area contributed by atoms with E-state index in [9.17, 15) is 4.39 Å². The highest BCUT2D eigenvalue weighted by molar-refractivity contribution is 5.42. The summed E-state index contributed by atoms with van der Waals surface area (Å²) in [6.45, 7) is 1.62. The lowest BCUT2D eigenvalue weighted by atomic mass is 10.3. The van der Waals surface area contributed by atoms with Gasteiger partial charge in [0.2, 0.25) is 0 Å². The maximum Gasteiger partial charge on any atom is 0.123 e. The van der Waals surface area contributed by atoms with Crippen LogP contribution < -0.4 is 5.43 Å². The van der Waals surface area contributed by atoms with E-state index in [0.29, 0.717) is 17.1 Å². The average Bonchev–Trinajstić information content (AvgIpc) is 2.63. The molecule has 1 aromatic carbocycles. The molecular weight excluding hydrogens is 211 g/mol. The highest BCUT2D eigenvalue weighted by Gasteiger charge is 2.06. The van der Waals surface area contributed by atoms with Gasteiger partial charge >= 0.3 is 0 Å². The van der Waals surface area contributed by atoms with Crippen LogP contribution in [0.25, 0.3) is 0 Å². The fraction of sp³-hybridized carbons (Fsp3) is 0.200. The highest BCUT2D eigenvalue weighted by atomic mass is 19.1. The molecule has 2 rings (SSSR count). The third kappa shape index (κ3) is 2.01. The van der Waals surface area contributed by atoms with Gasteiger partial charge in [0.25, 0.3) is 0 Å². The molecule has 0 saturated carbocycles. The van der Waals surface area contributed by atoms with Crippen LogP contribution in [0.4, 0.5) is 10.1 Å². The van der Waals surface area contributed by atoms with Crippen molar-refractivity contribution in [1.29, 1.82) is 0 Å². The predicted molar refractivity (Wildman–Crippen MR) is 56.1 cm³/mol. The Balaban J connectivity index is 2.20. The van der Waals surface area contributed by atoms with E-state index in [2.05, 4.69) is 15.7 Å².